The molecule has 3 aromatic rings. The largest absolute Gasteiger partial charge is 0.497 e. The number of benzene rings is 2. The highest BCUT2D eigenvalue weighted by Crippen LogP contribution is 2.19. The fraction of sp³-hybridized carbons (Fsp3) is 0.200. The monoisotopic (exact) mass is 416 g/mol. The molecule has 0 fully saturated rings. The minimum atomic E-state index is -3.88. The van der Waals surface area contributed by atoms with Gasteiger partial charge in [0.25, 0.3) is 0 Å². The molecular weight excluding hydrogens is 396 g/mol. The zero-order valence-electron chi connectivity index (χ0n) is 15.9. The summed E-state index contributed by atoms with van der Waals surface area (Å²) in [6.45, 7) is 1.27. The number of oxazole rings is 1. The van der Waals surface area contributed by atoms with Gasteiger partial charge >= 0.3 is 5.97 Å². The Morgan fingerprint density at radius 3 is 2.48 bits per heavy atom. The summed E-state index contributed by atoms with van der Waals surface area (Å²) in [6.07, 6.45) is 1.39. The van der Waals surface area contributed by atoms with Crippen molar-refractivity contribution in [1.29, 1.82) is 0 Å². The molecule has 3 rings (SSSR count). The number of methoxy groups -OCH3 is 1. The summed E-state index contributed by atoms with van der Waals surface area (Å²) in [5.74, 6) is 0.204. The van der Waals surface area contributed by atoms with E-state index in [1.165, 1.54) is 44.6 Å². The summed E-state index contributed by atoms with van der Waals surface area (Å²) in [5, 5.41) is 0. The average Bonchev–Trinajstić information content (AvgIpc) is 3.21. The average molecular weight is 416 g/mol. The van der Waals surface area contributed by atoms with Crippen LogP contribution in [0.3, 0.4) is 0 Å². The lowest BCUT2D eigenvalue weighted by Crippen LogP contribution is -2.39. The molecule has 29 heavy (non-hydrogen) atoms. The maximum Gasteiger partial charge on any atom is 0.324 e. The molecule has 1 heterocycles. The number of esters is 1. The molecule has 1 atom stereocenters. The Kier molecular flexibility index (Phi) is 6.30. The molecule has 2 aromatic carbocycles. The van der Waals surface area contributed by atoms with E-state index >= 15 is 0 Å². The fourth-order valence-electron chi connectivity index (χ4n) is 2.46. The van der Waals surface area contributed by atoms with Gasteiger partial charge in [-0.25, -0.2) is 13.4 Å². The maximum atomic E-state index is 12.4. The summed E-state index contributed by atoms with van der Waals surface area (Å²) in [6, 6.07) is 14.0. The first-order valence-corrected chi connectivity index (χ1v) is 10.2. The van der Waals surface area contributed by atoms with Gasteiger partial charge in [0.05, 0.1) is 12.0 Å². The second-order valence-corrected chi connectivity index (χ2v) is 7.85. The van der Waals surface area contributed by atoms with Crippen molar-refractivity contribution in [3.8, 4) is 17.2 Å². The highest BCUT2D eigenvalue weighted by Gasteiger charge is 2.23. The van der Waals surface area contributed by atoms with E-state index in [4.69, 9.17) is 13.9 Å². The van der Waals surface area contributed by atoms with Crippen LogP contribution in [0.5, 0.6) is 5.75 Å². The van der Waals surface area contributed by atoms with Crippen molar-refractivity contribution in [3.05, 3.63) is 66.6 Å². The van der Waals surface area contributed by atoms with Gasteiger partial charge in [0.1, 0.15) is 30.4 Å². The molecule has 0 saturated heterocycles. The molecule has 0 aliphatic carbocycles. The molecule has 0 aliphatic rings. The SMILES string of the molecule is COc1ccc(S(=O)(=O)NC(C)C(=O)OCc2coc(-c3ccccc3)n2)cc1. The molecule has 152 valence electrons. The van der Waals surface area contributed by atoms with Crippen LogP contribution in [0.2, 0.25) is 0 Å². The van der Waals surface area contributed by atoms with Crippen molar-refractivity contribution in [2.45, 2.75) is 24.5 Å². The van der Waals surface area contributed by atoms with Gasteiger partial charge in [0.2, 0.25) is 15.9 Å². The number of nitrogens with zero attached hydrogens (tertiary/aromatic N) is 1. The molecule has 9 heteroatoms. The quantitative estimate of drug-likeness (QED) is 0.563. The van der Waals surface area contributed by atoms with Crippen LogP contribution >= 0.6 is 0 Å². The predicted octanol–water partition coefficient (Wildman–Crippen LogP) is 2.76. The van der Waals surface area contributed by atoms with E-state index < -0.39 is 22.0 Å². The first kappa shape index (κ1) is 20.6. The summed E-state index contributed by atoms with van der Waals surface area (Å²) in [7, 11) is -2.40. The number of sulfonamides is 1. The first-order valence-electron chi connectivity index (χ1n) is 8.72. The fourth-order valence-corrected chi connectivity index (χ4v) is 3.65. The van der Waals surface area contributed by atoms with Gasteiger partial charge in [-0.1, -0.05) is 18.2 Å². The van der Waals surface area contributed by atoms with E-state index in [1.807, 2.05) is 30.3 Å². The summed E-state index contributed by atoms with van der Waals surface area (Å²) >= 11 is 0. The van der Waals surface area contributed by atoms with E-state index in [9.17, 15) is 13.2 Å². The Morgan fingerprint density at radius 2 is 1.83 bits per heavy atom. The Labute approximate surface area is 168 Å². The van der Waals surface area contributed by atoms with Crippen LogP contribution in [0.4, 0.5) is 0 Å². The van der Waals surface area contributed by atoms with Crippen LogP contribution in [-0.2, 0) is 26.2 Å². The van der Waals surface area contributed by atoms with Gasteiger partial charge in [-0.05, 0) is 43.3 Å². The Bertz CT molecular complexity index is 1060. The summed E-state index contributed by atoms with van der Waals surface area (Å²) < 4.78 is 42.6. The van der Waals surface area contributed by atoms with Gasteiger partial charge in [-0.3, -0.25) is 4.79 Å². The van der Waals surface area contributed by atoms with Crippen LogP contribution in [0.1, 0.15) is 12.6 Å². The Balaban J connectivity index is 1.57. The van der Waals surface area contributed by atoms with E-state index in [0.717, 1.165) is 5.56 Å². The lowest BCUT2D eigenvalue weighted by Gasteiger charge is -2.13. The molecule has 0 radical (unpaired) electrons. The van der Waals surface area contributed by atoms with Crippen LogP contribution < -0.4 is 9.46 Å². The number of hydrogen-bond acceptors (Lipinski definition) is 7. The molecular formula is C20H20N2O6S. The Hall–Kier alpha value is -3.17. The van der Waals surface area contributed by atoms with Gasteiger partial charge in [-0.15, -0.1) is 0 Å². The topological polar surface area (TPSA) is 108 Å². The number of rotatable bonds is 8. The van der Waals surface area contributed by atoms with Crippen molar-refractivity contribution >= 4 is 16.0 Å². The highest BCUT2D eigenvalue weighted by molar-refractivity contribution is 7.89. The lowest BCUT2D eigenvalue weighted by atomic mass is 10.2. The third kappa shape index (κ3) is 5.21. The van der Waals surface area contributed by atoms with Gasteiger partial charge in [0, 0.05) is 5.56 Å². The minimum Gasteiger partial charge on any atom is -0.497 e. The molecule has 1 N–H and O–H groups in total. The number of hydrogen-bond donors (Lipinski definition) is 1. The normalized spacial score (nSPS) is 12.3. The standard InChI is InChI=1S/C20H20N2O6S/c1-14(22-29(24,25)18-10-8-17(26-2)9-11-18)20(23)28-13-16-12-27-19(21-16)15-6-4-3-5-7-15/h3-12,14,22H,13H2,1-2H3. The zero-order valence-corrected chi connectivity index (χ0v) is 16.7. The van der Waals surface area contributed by atoms with E-state index in [0.29, 0.717) is 17.3 Å². The second-order valence-electron chi connectivity index (χ2n) is 6.14. The van der Waals surface area contributed by atoms with E-state index in [1.54, 1.807) is 0 Å². The van der Waals surface area contributed by atoms with Crippen LogP contribution in [0, 0.1) is 0 Å². The van der Waals surface area contributed by atoms with Crippen molar-refractivity contribution in [1.82, 2.24) is 9.71 Å². The number of aromatic nitrogens is 1. The molecule has 0 amide bonds. The first-order chi connectivity index (χ1) is 13.9. The third-order valence-corrected chi connectivity index (χ3v) is 5.55. The summed E-state index contributed by atoms with van der Waals surface area (Å²) in [4.78, 5) is 16.4. The lowest BCUT2D eigenvalue weighted by molar-refractivity contribution is -0.146. The number of carbonyl (C=O) groups is 1. The highest BCUT2D eigenvalue weighted by atomic mass is 32.2. The van der Waals surface area contributed by atoms with Crippen LogP contribution in [0.25, 0.3) is 11.5 Å². The zero-order chi connectivity index (χ0) is 20.9. The minimum absolute atomic E-state index is 0.0157. The van der Waals surface area contributed by atoms with E-state index in [2.05, 4.69) is 9.71 Å². The van der Waals surface area contributed by atoms with Crippen molar-refractivity contribution in [2.24, 2.45) is 0 Å². The van der Waals surface area contributed by atoms with Gasteiger partial charge < -0.3 is 13.9 Å². The molecule has 1 unspecified atom stereocenters. The Morgan fingerprint density at radius 1 is 1.14 bits per heavy atom. The maximum absolute atomic E-state index is 12.4. The van der Waals surface area contributed by atoms with E-state index in [-0.39, 0.29) is 11.5 Å². The van der Waals surface area contributed by atoms with Gasteiger partial charge in [0.15, 0.2) is 0 Å². The van der Waals surface area contributed by atoms with Crippen molar-refractivity contribution in [2.75, 3.05) is 7.11 Å². The summed E-state index contributed by atoms with van der Waals surface area (Å²) in [5.41, 5.74) is 1.22. The predicted molar refractivity (Wildman–Crippen MR) is 105 cm³/mol. The molecule has 8 nitrogen and oxygen atoms in total. The van der Waals surface area contributed by atoms with Gasteiger partial charge in [-0.2, -0.15) is 4.72 Å². The second kappa shape index (κ2) is 8.89. The molecule has 0 spiro atoms. The molecule has 0 bridgehead atoms. The third-order valence-electron chi connectivity index (χ3n) is 3.99. The van der Waals surface area contributed by atoms with Crippen molar-refractivity contribution in [3.63, 3.8) is 0 Å². The molecule has 1 aromatic heterocycles. The molecule has 0 saturated carbocycles. The van der Waals surface area contributed by atoms with Crippen molar-refractivity contribution < 1.29 is 27.1 Å². The molecule has 0 aliphatic heterocycles. The number of carbonyl (C=O) groups excluding carboxylic acids is 1. The van der Waals surface area contributed by atoms with Crippen LogP contribution in [-0.4, -0.2) is 32.5 Å². The number of nitrogens with one attached hydrogen (secondary N) is 1. The number of ether oxygens (including phenoxy) is 2. The van der Waals surface area contributed by atoms with Crippen LogP contribution in [0.15, 0.2) is 70.2 Å². The smallest absolute Gasteiger partial charge is 0.324 e.